The van der Waals surface area contributed by atoms with Crippen molar-refractivity contribution < 1.29 is 18.8 Å². The summed E-state index contributed by atoms with van der Waals surface area (Å²) in [7, 11) is 2.87. The topological polar surface area (TPSA) is 61.6 Å². The maximum absolute atomic E-state index is 11.2. The Balaban J connectivity index is 2.33. The van der Waals surface area contributed by atoms with Gasteiger partial charge in [-0.25, -0.2) is 4.79 Å². The lowest BCUT2D eigenvalue weighted by atomic mass is 10.1. The van der Waals surface area contributed by atoms with Crippen molar-refractivity contribution in [3.63, 3.8) is 0 Å². The Morgan fingerprint density at radius 2 is 2.12 bits per heavy atom. The number of rotatable bonds is 3. The predicted molar refractivity (Wildman–Crippen MR) is 59.8 cm³/mol. The zero-order valence-electron chi connectivity index (χ0n) is 9.47. The molecule has 0 radical (unpaired) electrons. The van der Waals surface area contributed by atoms with Gasteiger partial charge in [-0.15, -0.1) is 0 Å². The summed E-state index contributed by atoms with van der Waals surface area (Å²) in [6, 6.07) is 8.84. The molecule has 0 saturated carbocycles. The summed E-state index contributed by atoms with van der Waals surface area (Å²) in [5.74, 6) is 0.238. The van der Waals surface area contributed by atoms with Crippen molar-refractivity contribution in [2.75, 3.05) is 14.2 Å². The van der Waals surface area contributed by atoms with Crippen LogP contribution in [0.2, 0.25) is 0 Å². The van der Waals surface area contributed by atoms with Crippen LogP contribution in [0.1, 0.15) is 10.6 Å². The van der Waals surface area contributed by atoms with Crippen LogP contribution in [-0.4, -0.2) is 25.3 Å². The van der Waals surface area contributed by atoms with Gasteiger partial charge in [0.1, 0.15) is 11.4 Å². The predicted octanol–water partition coefficient (Wildman–Crippen LogP) is 2.14. The van der Waals surface area contributed by atoms with Gasteiger partial charge in [0, 0.05) is 11.6 Å². The highest BCUT2D eigenvalue weighted by atomic mass is 16.5. The van der Waals surface area contributed by atoms with E-state index in [1.165, 1.54) is 13.2 Å². The van der Waals surface area contributed by atoms with E-state index < -0.39 is 5.97 Å². The Kier molecular flexibility index (Phi) is 3.09. The molecular weight excluding hydrogens is 222 g/mol. The second-order valence-corrected chi connectivity index (χ2v) is 3.30. The van der Waals surface area contributed by atoms with Gasteiger partial charge < -0.3 is 14.0 Å². The van der Waals surface area contributed by atoms with Gasteiger partial charge in [-0.2, -0.15) is 0 Å². The van der Waals surface area contributed by atoms with Crippen molar-refractivity contribution in [2.45, 2.75) is 0 Å². The first-order chi connectivity index (χ1) is 8.24. The van der Waals surface area contributed by atoms with Gasteiger partial charge in [0.2, 0.25) is 5.76 Å². The SMILES string of the molecule is COC(=O)c1cc(-c2cccc(OC)c2)no1. The molecule has 88 valence electrons. The molecule has 0 spiro atoms. The molecule has 1 aromatic carbocycles. The van der Waals surface area contributed by atoms with Gasteiger partial charge >= 0.3 is 5.97 Å². The van der Waals surface area contributed by atoms with Crippen LogP contribution in [0.15, 0.2) is 34.9 Å². The number of benzene rings is 1. The number of methoxy groups -OCH3 is 2. The number of carbonyl (C=O) groups excluding carboxylic acids is 1. The largest absolute Gasteiger partial charge is 0.497 e. The molecule has 0 amide bonds. The minimum atomic E-state index is -0.549. The zero-order chi connectivity index (χ0) is 12.3. The lowest BCUT2D eigenvalue weighted by molar-refractivity contribution is 0.0554. The van der Waals surface area contributed by atoms with E-state index in [-0.39, 0.29) is 5.76 Å². The van der Waals surface area contributed by atoms with Crippen molar-refractivity contribution in [2.24, 2.45) is 0 Å². The van der Waals surface area contributed by atoms with Crippen LogP contribution in [0.25, 0.3) is 11.3 Å². The maximum Gasteiger partial charge on any atom is 0.376 e. The fraction of sp³-hybridized carbons (Fsp3) is 0.167. The van der Waals surface area contributed by atoms with Gasteiger partial charge in [-0.1, -0.05) is 17.3 Å². The Morgan fingerprint density at radius 3 is 2.82 bits per heavy atom. The number of hydrogen-bond donors (Lipinski definition) is 0. The first-order valence-corrected chi connectivity index (χ1v) is 4.94. The van der Waals surface area contributed by atoms with E-state index in [0.29, 0.717) is 11.4 Å². The first kappa shape index (κ1) is 11.2. The van der Waals surface area contributed by atoms with Gasteiger partial charge in [-0.05, 0) is 12.1 Å². The van der Waals surface area contributed by atoms with Crippen LogP contribution in [0.4, 0.5) is 0 Å². The van der Waals surface area contributed by atoms with E-state index in [1.807, 2.05) is 18.2 Å². The van der Waals surface area contributed by atoms with Crippen molar-refractivity contribution in [1.82, 2.24) is 5.16 Å². The van der Waals surface area contributed by atoms with Crippen molar-refractivity contribution >= 4 is 5.97 Å². The van der Waals surface area contributed by atoms with Gasteiger partial charge in [0.15, 0.2) is 0 Å². The van der Waals surface area contributed by atoms with Gasteiger partial charge in [0.25, 0.3) is 0 Å². The number of nitrogens with zero attached hydrogens (tertiary/aromatic N) is 1. The maximum atomic E-state index is 11.2. The summed E-state index contributed by atoms with van der Waals surface area (Å²) in [5.41, 5.74) is 1.37. The van der Waals surface area contributed by atoms with Gasteiger partial charge in [-0.3, -0.25) is 0 Å². The lowest BCUT2D eigenvalue weighted by Crippen LogP contribution is -1.98. The van der Waals surface area contributed by atoms with Crippen LogP contribution in [0.5, 0.6) is 5.75 Å². The normalized spacial score (nSPS) is 10.0. The summed E-state index contributed by atoms with van der Waals surface area (Å²) in [4.78, 5) is 11.2. The standard InChI is InChI=1S/C12H11NO4/c1-15-9-5-3-4-8(6-9)10-7-11(17-13-10)12(14)16-2/h3-7H,1-2H3. The fourth-order valence-electron chi connectivity index (χ4n) is 1.39. The summed E-state index contributed by atoms with van der Waals surface area (Å²) in [6.45, 7) is 0. The summed E-state index contributed by atoms with van der Waals surface area (Å²) >= 11 is 0. The third kappa shape index (κ3) is 2.28. The first-order valence-electron chi connectivity index (χ1n) is 4.94. The Hall–Kier alpha value is -2.30. The van der Waals surface area contributed by atoms with Crippen LogP contribution in [0, 0.1) is 0 Å². The summed E-state index contributed by atoms with van der Waals surface area (Å²) in [5, 5.41) is 3.80. The second-order valence-electron chi connectivity index (χ2n) is 3.30. The molecule has 0 aliphatic carbocycles. The third-order valence-electron chi connectivity index (χ3n) is 2.26. The molecular formula is C12H11NO4. The molecule has 0 aliphatic rings. The van der Waals surface area contributed by atoms with Crippen LogP contribution in [0.3, 0.4) is 0 Å². The third-order valence-corrected chi connectivity index (χ3v) is 2.26. The fourth-order valence-corrected chi connectivity index (χ4v) is 1.39. The number of hydrogen-bond acceptors (Lipinski definition) is 5. The van der Waals surface area contributed by atoms with E-state index in [0.717, 1.165) is 5.56 Å². The number of ether oxygens (including phenoxy) is 2. The molecule has 5 nitrogen and oxygen atoms in total. The molecule has 0 aliphatic heterocycles. The molecule has 5 heteroatoms. The molecule has 0 atom stereocenters. The van der Waals surface area contributed by atoms with Gasteiger partial charge in [0.05, 0.1) is 14.2 Å². The Bertz CT molecular complexity index is 533. The minimum Gasteiger partial charge on any atom is -0.497 e. The molecule has 17 heavy (non-hydrogen) atoms. The molecule has 1 aromatic heterocycles. The van der Waals surface area contributed by atoms with E-state index in [4.69, 9.17) is 9.26 Å². The molecule has 0 N–H and O–H groups in total. The average Bonchev–Trinajstić information content (AvgIpc) is 2.87. The van der Waals surface area contributed by atoms with Crippen LogP contribution < -0.4 is 4.74 Å². The highest BCUT2D eigenvalue weighted by Gasteiger charge is 2.14. The quantitative estimate of drug-likeness (QED) is 0.760. The Morgan fingerprint density at radius 1 is 1.29 bits per heavy atom. The van der Waals surface area contributed by atoms with Crippen LogP contribution >= 0.6 is 0 Å². The number of esters is 1. The van der Waals surface area contributed by atoms with Crippen molar-refractivity contribution in [3.05, 3.63) is 36.1 Å². The highest BCUT2D eigenvalue weighted by Crippen LogP contribution is 2.23. The van der Waals surface area contributed by atoms with E-state index in [1.54, 1.807) is 13.2 Å². The lowest BCUT2D eigenvalue weighted by Gasteiger charge is -2.00. The minimum absolute atomic E-state index is 0.0744. The zero-order valence-corrected chi connectivity index (χ0v) is 9.47. The van der Waals surface area contributed by atoms with E-state index in [2.05, 4.69) is 9.89 Å². The Labute approximate surface area is 97.9 Å². The number of aromatic nitrogens is 1. The average molecular weight is 233 g/mol. The van der Waals surface area contributed by atoms with Crippen molar-refractivity contribution in [1.29, 1.82) is 0 Å². The summed E-state index contributed by atoms with van der Waals surface area (Å²) in [6.07, 6.45) is 0. The van der Waals surface area contributed by atoms with E-state index >= 15 is 0 Å². The second kappa shape index (κ2) is 4.69. The molecule has 0 bridgehead atoms. The highest BCUT2D eigenvalue weighted by molar-refractivity contribution is 5.87. The van der Waals surface area contributed by atoms with E-state index in [9.17, 15) is 4.79 Å². The molecule has 0 fully saturated rings. The smallest absolute Gasteiger partial charge is 0.376 e. The van der Waals surface area contributed by atoms with Crippen molar-refractivity contribution in [3.8, 4) is 17.0 Å². The monoisotopic (exact) mass is 233 g/mol. The molecule has 1 heterocycles. The van der Waals surface area contributed by atoms with Crippen LogP contribution in [-0.2, 0) is 4.74 Å². The molecule has 2 aromatic rings. The summed E-state index contributed by atoms with van der Waals surface area (Å²) < 4.78 is 14.5. The molecule has 0 unspecified atom stereocenters. The molecule has 2 rings (SSSR count). The molecule has 0 saturated heterocycles. The number of carbonyl (C=O) groups is 1.